The molecule has 1 aromatic heterocycles. The lowest BCUT2D eigenvalue weighted by Crippen LogP contribution is -2.33. The van der Waals surface area contributed by atoms with E-state index in [1.807, 2.05) is 18.2 Å². The first-order chi connectivity index (χ1) is 10.1. The smallest absolute Gasteiger partial charge is 0.306 e. The van der Waals surface area contributed by atoms with Crippen molar-refractivity contribution in [1.29, 1.82) is 0 Å². The number of anilines is 1. The largest absolute Gasteiger partial charge is 0.389 e. The van der Waals surface area contributed by atoms with Gasteiger partial charge in [0.1, 0.15) is 12.4 Å². The van der Waals surface area contributed by atoms with E-state index in [0.717, 1.165) is 18.7 Å². The van der Waals surface area contributed by atoms with E-state index in [0.29, 0.717) is 6.54 Å². The molecule has 1 aliphatic heterocycles. The number of aliphatic hydroxyl groups excluding tert-OH is 1. The van der Waals surface area contributed by atoms with Crippen LogP contribution in [0.4, 0.5) is 11.4 Å². The Labute approximate surface area is 121 Å². The van der Waals surface area contributed by atoms with Crippen molar-refractivity contribution in [1.82, 2.24) is 9.78 Å². The zero-order chi connectivity index (χ0) is 14.8. The van der Waals surface area contributed by atoms with Crippen LogP contribution in [0.2, 0.25) is 0 Å². The number of fused-ring (bicyclic) bond motifs is 1. The van der Waals surface area contributed by atoms with Gasteiger partial charge >= 0.3 is 5.69 Å². The number of β-amino-alcohol motifs (C(OH)–C–C–N with tert-alkyl or cyclic N) is 1. The molecule has 1 unspecified atom stereocenters. The van der Waals surface area contributed by atoms with E-state index >= 15 is 0 Å². The van der Waals surface area contributed by atoms with Gasteiger partial charge in [0.2, 0.25) is 0 Å². The number of rotatable bonds is 5. The predicted molar refractivity (Wildman–Crippen MR) is 77.2 cm³/mol. The van der Waals surface area contributed by atoms with Gasteiger partial charge in [0.05, 0.1) is 17.6 Å². The third-order valence-electron chi connectivity index (χ3n) is 3.64. The second-order valence-electron chi connectivity index (χ2n) is 5.16. The topological polar surface area (TPSA) is 84.4 Å². The highest BCUT2D eigenvalue weighted by Crippen LogP contribution is 2.27. The SMILES string of the molecule is O=[N+]([O-])c1cnn(CC(O)CN2CCc3ccccc32)c1. The first kappa shape index (κ1) is 13.6. The molecule has 0 aliphatic carbocycles. The number of aromatic nitrogens is 2. The van der Waals surface area contributed by atoms with Gasteiger partial charge in [-0.3, -0.25) is 14.8 Å². The zero-order valence-corrected chi connectivity index (χ0v) is 11.4. The lowest BCUT2D eigenvalue weighted by Gasteiger charge is -2.22. The van der Waals surface area contributed by atoms with E-state index in [9.17, 15) is 15.2 Å². The second kappa shape index (κ2) is 5.53. The van der Waals surface area contributed by atoms with Crippen LogP contribution in [0.25, 0.3) is 0 Å². The molecule has 1 atom stereocenters. The molecule has 0 fully saturated rings. The van der Waals surface area contributed by atoms with Crippen LogP contribution in [-0.2, 0) is 13.0 Å². The lowest BCUT2D eigenvalue weighted by atomic mass is 10.2. The van der Waals surface area contributed by atoms with Gasteiger partial charge in [-0.05, 0) is 18.1 Å². The Morgan fingerprint density at radius 1 is 1.38 bits per heavy atom. The Kier molecular flexibility index (Phi) is 3.57. The van der Waals surface area contributed by atoms with Crippen molar-refractivity contribution in [2.75, 3.05) is 18.0 Å². The molecular formula is C14H16N4O3. The summed E-state index contributed by atoms with van der Waals surface area (Å²) in [5.41, 5.74) is 2.39. The molecular weight excluding hydrogens is 272 g/mol. The molecule has 7 heteroatoms. The number of nitro groups is 1. The number of benzene rings is 1. The van der Waals surface area contributed by atoms with Gasteiger partial charge < -0.3 is 10.0 Å². The Morgan fingerprint density at radius 2 is 2.19 bits per heavy atom. The molecule has 0 bridgehead atoms. The summed E-state index contributed by atoms with van der Waals surface area (Å²) in [6.45, 7) is 1.62. The maximum atomic E-state index is 10.6. The molecule has 2 heterocycles. The minimum Gasteiger partial charge on any atom is -0.389 e. The van der Waals surface area contributed by atoms with Crippen LogP contribution in [0.5, 0.6) is 0 Å². The van der Waals surface area contributed by atoms with Crippen molar-refractivity contribution < 1.29 is 10.0 Å². The molecule has 1 N–H and O–H groups in total. The molecule has 0 radical (unpaired) electrons. The molecule has 0 saturated carbocycles. The number of hydrogen-bond donors (Lipinski definition) is 1. The summed E-state index contributed by atoms with van der Waals surface area (Å²) in [5.74, 6) is 0. The molecule has 7 nitrogen and oxygen atoms in total. The van der Waals surface area contributed by atoms with Crippen molar-refractivity contribution in [2.45, 2.75) is 19.1 Å². The normalized spacial score (nSPS) is 15.0. The molecule has 0 amide bonds. The van der Waals surface area contributed by atoms with E-state index in [2.05, 4.69) is 16.1 Å². The summed E-state index contributed by atoms with van der Waals surface area (Å²) in [7, 11) is 0. The summed E-state index contributed by atoms with van der Waals surface area (Å²) in [6, 6.07) is 8.15. The predicted octanol–water partition coefficient (Wildman–Crippen LogP) is 1.21. The molecule has 1 aromatic carbocycles. The summed E-state index contributed by atoms with van der Waals surface area (Å²) < 4.78 is 1.41. The standard InChI is InChI=1S/C14H16N4O3/c19-13(10-17-8-12(7-15-17)18(20)21)9-16-6-5-11-3-1-2-4-14(11)16/h1-4,7-8,13,19H,5-6,9-10H2. The van der Waals surface area contributed by atoms with Crippen molar-refractivity contribution >= 4 is 11.4 Å². The van der Waals surface area contributed by atoms with Gasteiger partial charge in [-0.15, -0.1) is 0 Å². The van der Waals surface area contributed by atoms with Crippen LogP contribution in [-0.4, -0.2) is 39.0 Å². The molecule has 2 aromatic rings. The van der Waals surface area contributed by atoms with Gasteiger partial charge in [0.15, 0.2) is 0 Å². The maximum absolute atomic E-state index is 10.6. The number of nitrogens with zero attached hydrogens (tertiary/aromatic N) is 4. The van der Waals surface area contributed by atoms with Gasteiger partial charge in [0, 0.05) is 18.8 Å². The summed E-state index contributed by atoms with van der Waals surface area (Å²) in [5, 5.41) is 24.7. The number of para-hydroxylation sites is 1. The van der Waals surface area contributed by atoms with E-state index in [-0.39, 0.29) is 12.2 Å². The van der Waals surface area contributed by atoms with Crippen molar-refractivity contribution in [3.05, 3.63) is 52.3 Å². The highest BCUT2D eigenvalue weighted by Gasteiger charge is 2.21. The van der Waals surface area contributed by atoms with Gasteiger partial charge in [0.25, 0.3) is 0 Å². The summed E-state index contributed by atoms with van der Waals surface area (Å²) in [4.78, 5) is 12.2. The van der Waals surface area contributed by atoms with Gasteiger partial charge in [-0.25, -0.2) is 0 Å². The minimum absolute atomic E-state index is 0.0614. The summed E-state index contributed by atoms with van der Waals surface area (Å²) >= 11 is 0. The van der Waals surface area contributed by atoms with Crippen LogP contribution in [0, 0.1) is 10.1 Å². The van der Waals surface area contributed by atoms with E-state index < -0.39 is 11.0 Å². The summed E-state index contributed by atoms with van der Waals surface area (Å²) in [6.07, 6.45) is 2.88. The average molecular weight is 288 g/mol. The average Bonchev–Trinajstić information content (AvgIpc) is 3.07. The van der Waals surface area contributed by atoms with Crippen molar-refractivity contribution in [3.8, 4) is 0 Å². The van der Waals surface area contributed by atoms with E-state index in [1.165, 1.54) is 22.6 Å². The fourth-order valence-corrected chi connectivity index (χ4v) is 2.67. The molecule has 0 saturated heterocycles. The number of hydrogen-bond acceptors (Lipinski definition) is 5. The molecule has 21 heavy (non-hydrogen) atoms. The van der Waals surface area contributed by atoms with Crippen LogP contribution in [0.3, 0.4) is 0 Å². The molecule has 1 aliphatic rings. The number of aliphatic hydroxyl groups is 1. The first-order valence-corrected chi connectivity index (χ1v) is 6.81. The third-order valence-corrected chi connectivity index (χ3v) is 3.64. The van der Waals surface area contributed by atoms with E-state index in [4.69, 9.17) is 0 Å². The highest BCUT2D eigenvalue weighted by molar-refractivity contribution is 5.57. The molecule has 110 valence electrons. The van der Waals surface area contributed by atoms with Crippen molar-refractivity contribution in [3.63, 3.8) is 0 Å². The Balaban J connectivity index is 1.62. The third kappa shape index (κ3) is 2.87. The van der Waals surface area contributed by atoms with Crippen molar-refractivity contribution in [2.24, 2.45) is 0 Å². The Morgan fingerprint density at radius 3 is 2.95 bits per heavy atom. The molecule has 3 rings (SSSR count). The second-order valence-corrected chi connectivity index (χ2v) is 5.16. The first-order valence-electron chi connectivity index (χ1n) is 6.81. The Hall–Kier alpha value is -2.41. The van der Waals surface area contributed by atoms with Crippen LogP contribution < -0.4 is 4.90 Å². The van der Waals surface area contributed by atoms with Gasteiger partial charge in [-0.1, -0.05) is 18.2 Å². The fraction of sp³-hybridized carbons (Fsp3) is 0.357. The monoisotopic (exact) mass is 288 g/mol. The fourth-order valence-electron chi connectivity index (χ4n) is 2.67. The van der Waals surface area contributed by atoms with Crippen LogP contribution in [0.15, 0.2) is 36.7 Å². The quantitative estimate of drug-likeness (QED) is 0.660. The Bertz CT molecular complexity index is 655. The molecule has 0 spiro atoms. The van der Waals surface area contributed by atoms with Crippen LogP contribution >= 0.6 is 0 Å². The maximum Gasteiger partial charge on any atom is 0.306 e. The lowest BCUT2D eigenvalue weighted by molar-refractivity contribution is -0.385. The van der Waals surface area contributed by atoms with E-state index in [1.54, 1.807) is 0 Å². The highest BCUT2D eigenvalue weighted by atomic mass is 16.6. The minimum atomic E-state index is -0.629. The van der Waals surface area contributed by atoms with Gasteiger partial charge in [-0.2, -0.15) is 5.10 Å². The zero-order valence-electron chi connectivity index (χ0n) is 11.4. The van der Waals surface area contributed by atoms with Crippen LogP contribution in [0.1, 0.15) is 5.56 Å².